The molecule has 1 N–H and O–H groups in total. The molecule has 0 amide bonds. The average Bonchev–Trinajstić information content (AvgIpc) is 2.48. The Morgan fingerprint density at radius 1 is 1.00 bits per heavy atom. The van der Waals surface area contributed by atoms with E-state index in [0.29, 0.717) is 16.5 Å². The van der Waals surface area contributed by atoms with Crippen LogP contribution in [-0.2, 0) is 0 Å². The third-order valence-corrected chi connectivity index (χ3v) is 3.31. The summed E-state index contributed by atoms with van der Waals surface area (Å²) in [6, 6.07) is 15.6. The van der Waals surface area contributed by atoms with E-state index in [1.54, 1.807) is 54.6 Å². The van der Waals surface area contributed by atoms with Crippen LogP contribution >= 0.6 is 12.2 Å². The summed E-state index contributed by atoms with van der Waals surface area (Å²) in [6.07, 6.45) is 0. The van der Waals surface area contributed by atoms with Crippen molar-refractivity contribution in [2.45, 2.75) is 0 Å². The summed E-state index contributed by atoms with van der Waals surface area (Å²) in [5.41, 5.74) is 0.641. The first kappa shape index (κ1) is 12.5. The van der Waals surface area contributed by atoms with Crippen molar-refractivity contribution in [3.8, 4) is 0 Å². The van der Waals surface area contributed by atoms with Crippen LogP contribution < -0.4 is 5.56 Å². The molecule has 1 aromatic heterocycles. The van der Waals surface area contributed by atoms with Crippen LogP contribution in [0.25, 0.3) is 10.9 Å². The number of aromatic nitrogens is 2. The average molecular weight is 282 g/mol. The number of nitrogens with one attached hydrogen (secondary N) is 1. The first-order valence-electron chi connectivity index (χ1n) is 6.02. The number of carbonyl (C=O) groups is 1. The number of aromatic amines is 1. The molecule has 1 heterocycles. The number of H-pyrrole nitrogens is 1. The van der Waals surface area contributed by atoms with E-state index in [1.165, 1.54) is 0 Å². The molecular formula is C15H10N2O2S. The summed E-state index contributed by atoms with van der Waals surface area (Å²) >= 11 is 5.13. The van der Waals surface area contributed by atoms with E-state index >= 15 is 0 Å². The number of hydrogen-bond acceptors (Lipinski definition) is 3. The Hall–Kier alpha value is -2.53. The molecule has 98 valence electrons. The number of carbonyl (C=O) groups excluding carboxylic acids is 1. The Kier molecular flexibility index (Phi) is 3.04. The molecule has 0 radical (unpaired) electrons. The minimum atomic E-state index is -0.428. The Morgan fingerprint density at radius 2 is 1.65 bits per heavy atom. The second kappa shape index (κ2) is 4.86. The van der Waals surface area contributed by atoms with E-state index in [1.807, 2.05) is 0 Å². The number of hydrogen-bond donors (Lipinski definition) is 1. The van der Waals surface area contributed by atoms with Gasteiger partial charge in [-0.15, -0.1) is 0 Å². The second-order valence-corrected chi connectivity index (χ2v) is 4.67. The second-order valence-electron chi connectivity index (χ2n) is 4.29. The number of nitrogens with zero attached hydrogens (tertiary/aromatic N) is 1. The third-order valence-electron chi connectivity index (χ3n) is 3.03. The zero-order valence-electron chi connectivity index (χ0n) is 10.4. The van der Waals surface area contributed by atoms with Crippen LogP contribution in [0.2, 0.25) is 0 Å². The maximum absolute atomic E-state index is 12.4. The molecule has 20 heavy (non-hydrogen) atoms. The molecular weight excluding hydrogens is 272 g/mol. The lowest BCUT2D eigenvalue weighted by Crippen LogP contribution is -2.28. The molecule has 0 aliphatic carbocycles. The fourth-order valence-corrected chi connectivity index (χ4v) is 2.33. The van der Waals surface area contributed by atoms with Gasteiger partial charge >= 0.3 is 0 Å². The van der Waals surface area contributed by atoms with Gasteiger partial charge in [0, 0.05) is 5.56 Å². The highest BCUT2D eigenvalue weighted by Crippen LogP contribution is 2.08. The van der Waals surface area contributed by atoms with Crippen molar-refractivity contribution in [2.24, 2.45) is 0 Å². The number of para-hydroxylation sites is 1. The molecule has 3 aromatic rings. The molecule has 0 aliphatic heterocycles. The Bertz CT molecular complexity index is 910. The zero-order valence-corrected chi connectivity index (χ0v) is 11.2. The lowest BCUT2D eigenvalue weighted by Gasteiger charge is -2.06. The van der Waals surface area contributed by atoms with E-state index < -0.39 is 11.5 Å². The lowest BCUT2D eigenvalue weighted by atomic mass is 10.2. The highest BCUT2D eigenvalue weighted by atomic mass is 32.1. The van der Waals surface area contributed by atoms with Crippen molar-refractivity contribution in [3.63, 3.8) is 0 Å². The molecule has 0 aliphatic rings. The van der Waals surface area contributed by atoms with E-state index in [-0.39, 0.29) is 4.77 Å². The first-order valence-corrected chi connectivity index (χ1v) is 6.43. The van der Waals surface area contributed by atoms with Crippen LogP contribution in [0.4, 0.5) is 0 Å². The van der Waals surface area contributed by atoms with Gasteiger partial charge in [-0.05, 0) is 36.5 Å². The quantitative estimate of drug-likeness (QED) is 0.698. The number of fused-ring (bicyclic) bond motifs is 1. The highest BCUT2D eigenvalue weighted by Gasteiger charge is 2.13. The maximum Gasteiger partial charge on any atom is 0.269 e. The van der Waals surface area contributed by atoms with Crippen molar-refractivity contribution < 1.29 is 4.79 Å². The standard InChI is InChI=1S/C15H10N2O2S/c18-13(10-6-2-1-3-7-10)17-14(19)11-8-4-5-9-12(11)16-15(17)20/h1-9H,(H,16,20). The summed E-state index contributed by atoms with van der Waals surface area (Å²) in [7, 11) is 0. The summed E-state index contributed by atoms with van der Waals surface area (Å²) in [4.78, 5) is 27.7. The molecule has 0 saturated carbocycles. The lowest BCUT2D eigenvalue weighted by molar-refractivity contribution is 0.0953. The van der Waals surface area contributed by atoms with Crippen molar-refractivity contribution in [3.05, 3.63) is 75.3 Å². The monoisotopic (exact) mass is 282 g/mol. The minimum Gasteiger partial charge on any atom is -0.331 e. The smallest absolute Gasteiger partial charge is 0.269 e. The van der Waals surface area contributed by atoms with Gasteiger partial charge in [-0.3, -0.25) is 9.59 Å². The van der Waals surface area contributed by atoms with Crippen LogP contribution in [0.1, 0.15) is 10.4 Å². The molecule has 4 nitrogen and oxygen atoms in total. The van der Waals surface area contributed by atoms with Crippen molar-refractivity contribution in [1.29, 1.82) is 0 Å². The molecule has 0 atom stereocenters. The maximum atomic E-state index is 12.4. The molecule has 0 saturated heterocycles. The van der Waals surface area contributed by atoms with Crippen molar-refractivity contribution in [1.82, 2.24) is 9.55 Å². The van der Waals surface area contributed by atoms with Crippen molar-refractivity contribution >= 4 is 29.0 Å². The molecule has 0 fully saturated rings. The van der Waals surface area contributed by atoms with Crippen LogP contribution in [0.3, 0.4) is 0 Å². The summed E-state index contributed by atoms with van der Waals surface area (Å²) in [5, 5.41) is 0.436. The summed E-state index contributed by atoms with van der Waals surface area (Å²) < 4.78 is 1.09. The van der Waals surface area contributed by atoms with Crippen LogP contribution in [0, 0.1) is 4.77 Å². The van der Waals surface area contributed by atoms with Gasteiger partial charge in [-0.2, -0.15) is 0 Å². The molecule has 0 unspecified atom stereocenters. The molecule has 0 spiro atoms. The first-order chi connectivity index (χ1) is 9.68. The molecule has 2 aromatic carbocycles. The topological polar surface area (TPSA) is 54.9 Å². The van der Waals surface area contributed by atoms with Crippen LogP contribution in [-0.4, -0.2) is 15.5 Å². The predicted molar refractivity (Wildman–Crippen MR) is 79.6 cm³/mol. The Labute approximate surface area is 119 Å². The third kappa shape index (κ3) is 1.98. The predicted octanol–water partition coefficient (Wildman–Crippen LogP) is 2.75. The number of rotatable bonds is 1. The van der Waals surface area contributed by atoms with E-state index in [0.717, 1.165) is 4.57 Å². The van der Waals surface area contributed by atoms with Gasteiger partial charge in [0.05, 0.1) is 10.9 Å². The molecule has 5 heteroatoms. The molecule has 3 rings (SSSR count). The molecule has 0 bridgehead atoms. The highest BCUT2D eigenvalue weighted by molar-refractivity contribution is 7.71. The van der Waals surface area contributed by atoms with Gasteiger partial charge in [0.25, 0.3) is 11.5 Å². The SMILES string of the molecule is O=C(c1ccccc1)n1c(=S)[nH]c2ccccc2c1=O. The van der Waals surface area contributed by atoms with Gasteiger partial charge in [0.1, 0.15) is 0 Å². The van der Waals surface area contributed by atoms with E-state index in [2.05, 4.69) is 4.98 Å². The summed E-state index contributed by atoms with van der Waals surface area (Å²) in [6.45, 7) is 0. The number of benzene rings is 2. The fraction of sp³-hybridized carbons (Fsp3) is 0. The Morgan fingerprint density at radius 3 is 2.40 bits per heavy atom. The largest absolute Gasteiger partial charge is 0.331 e. The van der Waals surface area contributed by atoms with Crippen LogP contribution in [0.15, 0.2) is 59.4 Å². The van der Waals surface area contributed by atoms with Gasteiger partial charge < -0.3 is 4.98 Å². The van der Waals surface area contributed by atoms with Gasteiger partial charge in [0.15, 0.2) is 4.77 Å². The van der Waals surface area contributed by atoms with Crippen LogP contribution in [0.5, 0.6) is 0 Å². The summed E-state index contributed by atoms with van der Waals surface area (Å²) in [5.74, 6) is -0.428. The fourth-order valence-electron chi connectivity index (χ4n) is 2.06. The van der Waals surface area contributed by atoms with Crippen molar-refractivity contribution in [2.75, 3.05) is 0 Å². The zero-order chi connectivity index (χ0) is 14.1. The van der Waals surface area contributed by atoms with Gasteiger partial charge in [0.2, 0.25) is 0 Å². The van der Waals surface area contributed by atoms with Gasteiger partial charge in [-0.1, -0.05) is 30.3 Å². The Balaban J connectivity index is 2.30. The van der Waals surface area contributed by atoms with E-state index in [9.17, 15) is 9.59 Å². The van der Waals surface area contributed by atoms with E-state index in [4.69, 9.17) is 12.2 Å². The minimum absolute atomic E-state index is 0.0996. The van der Waals surface area contributed by atoms with Gasteiger partial charge in [-0.25, -0.2) is 4.57 Å². The normalized spacial score (nSPS) is 10.6.